The summed E-state index contributed by atoms with van der Waals surface area (Å²) >= 11 is 5.94. The van der Waals surface area contributed by atoms with Crippen LogP contribution in [0.5, 0.6) is 0 Å². The van der Waals surface area contributed by atoms with Gasteiger partial charge in [0, 0.05) is 29.6 Å². The van der Waals surface area contributed by atoms with Crippen LogP contribution in [0.15, 0.2) is 18.2 Å². The van der Waals surface area contributed by atoms with E-state index < -0.39 is 11.6 Å². The van der Waals surface area contributed by atoms with Gasteiger partial charge in [0.25, 0.3) is 0 Å². The lowest BCUT2D eigenvalue weighted by molar-refractivity contribution is 0.331. The van der Waals surface area contributed by atoms with Gasteiger partial charge >= 0.3 is 0 Å². The van der Waals surface area contributed by atoms with Crippen molar-refractivity contribution >= 4 is 11.6 Å². The molecule has 0 aliphatic carbocycles. The summed E-state index contributed by atoms with van der Waals surface area (Å²) in [5, 5.41) is 3.26. The SMILES string of the molecule is CCC(CC)(CCl)NCc1ccc(F)cc1F. The molecule has 0 fully saturated rings. The lowest BCUT2D eigenvalue weighted by Gasteiger charge is -2.31. The van der Waals surface area contributed by atoms with Crippen molar-refractivity contribution in [3.8, 4) is 0 Å². The molecule has 0 aliphatic rings. The molecule has 0 saturated carbocycles. The molecule has 0 unspecified atom stereocenters. The van der Waals surface area contributed by atoms with E-state index in [1.807, 2.05) is 13.8 Å². The van der Waals surface area contributed by atoms with Crippen LogP contribution in [0.1, 0.15) is 32.3 Å². The molecular weight excluding hydrogens is 244 g/mol. The van der Waals surface area contributed by atoms with Gasteiger partial charge in [0.1, 0.15) is 11.6 Å². The Labute approximate surface area is 106 Å². The van der Waals surface area contributed by atoms with Crippen LogP contribution in [0.3, 0.4) is 0 Å². The molecule has 0 aliphatic heterocycles. The third-order valence-corrected chi connectivity index (χ3v) is 3.79. The van der Waals surface area contributed by atoms with Crippen LogP contribution in [-0.4, -0.2) is 11.4 Å². The molecule has 1 N–H and O–H groups in total. The number of hydrogen-bond donors (Lipinski definition) is 1. The van der Waals surface area contributed by atoms with Crippen LogP contribution < -0.4 is 5.32 Å². The van der Waals surface area contributed by atoms with Gasteiger partial charge in [0.05, 0.1) is 0 Å². The Balaban J connectivity index is 2.72. The molecule has 1 aromatic carbocycles. The van der Waals surface area contributed by atoms with Gasteiger partial charge in [0.15, 0.2) is 0 Å². The quantitative estimate of drug-likeness (QED) is 0.767. The predicted molar refractivity (Wildman–Crippen MR) is 67.2 cm³/mol. The molecule has 0 saturated heterocycles. The second kappa shape index (κ2) is 6.31. The largest absolute Gasteiger partial charge is 0.306 e. The van der Waals surface area contributed by atoms with Gasteiger partial charge in [-0.3, -0.25) is 0 Å². The summed E-state index contributed by atoms with van der Waals surface area (Å²) in [6.07, 6.45) is 1.74. The molecule has 0 atom stereocenters. The number of rotatable bonds is 6. The van der Waals surface area contributed by atoms with Crippen LogP contribution in [0.25, 0.3) is 0 Å². The molecular formula is C13H18ClF2N. The van der Waals surface area contributed by atoms with Crippen LogP contribution in [-0.2, 0) is 6.54 Å². The molecule has 1 rings (SSSR count). The van der Waals surface area contributed by atoms with E-state index in [4.69, 9.17) is 11.6 Å². The summed E-state index contributed by atoms with van der Waals surface area (Å²) in [4.78, 5) is 0. The molecule has 0 amide bonds. The first-order valence-corrected chi connectivity index (χ1v) is 6.35. The number of alkyl halides is 1. The zero-order valence-electron chi connectivity index (χ0n) is 10.2. The average Bonchev–Trinajstić information content (AvgIpc) is 2.33. The summed E-state index contributed by atoms with van der Waals surface area (Å²) < 4.78 is 26.2. The fourth-order valence-electron chi connectivity index (χ4n) is 1.68. The van der Waals surface area contributed by atoms with Crippen LogP contribution in [0.4, 0.5) is 8.78 Å². The maximum atomic E-state index is 13.4. The Hall–Kier alpha value is -0.670. The van der Waals surface area contributed by atoms with E-state index in [2.05, 4.69) is 5.32 Å². The predicted octanol–water partition coefficient (Wildman–Crippen LogP) is 3.85. The minimum Gasteiger partial charge on any atom is -0.306 e. The van der Waals surface area contributed by atoms with Gasteiger partial charge in [0.2, 0.25) is 0 Å². The Morgan fingerprint density at radius 3 is 2.35 bits per heavy atom. The van der Waals surface area contributed by atoms with Crippen molar-refractivity contribution < 1.29 is 8.78 Å². The molecule has 0 aromatic heterocycles. The highest BCUT2D eigenvalue weighted by molar-refractivity contribution is 6.18. The molecule has 0 radical (unpaired) electrons. The van der Waals surface area contributed by atoms with Crippen molar-refractivity contribution in [2.45, 2.75) is 38.8 Å². The number of nitrogens with one attached hydrogen (secondary N) is 1. The smallest absolute Gasteiger partial charge is 0.130 e. The lowest BCUT2D eigenvalue weighted by atomic mass is 9.95. The molecule has 0 heterocycles. The third-order valence-electron chi connectivity index (χ3n) is 3.28. The van der Waals surface area contributed by atoms with E-state index in [0.29, 0.717) is 18.0 Å². The molecule has 1 aromatic rings. The maximum Gasteiger partial charge on any atom is 0.130 e. The van der Waals surface area contributed by atoms with E-state index >= 15 is 0 Å². The highest BCUT2D eigenvalue weighted by Gasteiger charge is 2.24. The second-order valence-corrected chi connectivity index (χ2v) is 4.48. The maximum absolute atomic E-state index is 13.4. The topological polar surface area (TPSA) is 12.0 Å². The lowest BCUT2D eigenvalue weighted by Crippen LogP contribution is -2.45. The molecule has 0 spiro atoms. The van der Waals surface area contributed by atoms with Gasteiger partial charge in [-0.25, -0.2) is 8.78 Å². The Kier molecular flexibility index (Phi) is 5.34. The first-order chi connectivity index (χ1) is 8.06. The van der Waals surface area contributed by atoms with Gasteiger partial charge in [-0.15, -0.1) is 11.6 Å². The van der Waals surface area contributed by atoms with E-state index in [1.54, 1.807) is 0 Å². The van der Waals surface area contributed by atoms with Crippen molar-refractivity contribution in [2.24, 2.45) is 0 Å². The fourth-order valence-corrected chi connectivity index (χ4v) is 2.16. The zero-order valence-corrected chi connectivity index (χ0v) is 11.0. The third kappa shape index (κ3) is 3.65. The Bertz CT molecular complexity index is 356. The minimum absolute atomic E-state index is 0.178. The molecule has 1 nitrogen and oxygen atoms in total. The summed E-state index contributed by atoms with van der Waals surface area (Å²) in [6, 6.07) is 3.62. The van der Waals surface area contributed by atoms with Gasteiger partial charge < -0.3 is 5.32 Å². The summed E-state index contributed by atoms with van der Waals surface area (Å²) in [6.45, 7) is 4.44. The summed E-state index contributed by atoms with van der Waals surface area (Å²) in [7, 11) is 0. The van der Waals surface area contributed by atoms with Crippen LogP contribution >= 0.6 is 11.6 Å². The van der Waals surface area contributed by atoms with Crippen molar-refractivity contribution in [1.82, 2.24) is 5.32 Å². The highest BCUT2D eigenvalue weighted by Crippen LogP contribution is 2.18. The number of benzene rings is 1. The van der Waals surface area contributed by atoms with Crippen molar-refractivity contribution in [1.29, 1.82) is 0 Å². The fraction of sp³-hybridized carbons (Fsp3) is 0.538. The molecule has 96 valence electrons. The van der Waals surface area contributed by atoms with Gasteiger partial charge in [-0.1, -0.05) is 19.9 Å². The van der Waals surface area contributed by atoms with E-state index in [-0.39, 0.29) is 5.54 Å². The summed E-state index contributed by atoms with van der Waals surface area (Å²) in [5.41, 5.74) is 0.283. The molecule has 4 heteroatoms. The first-order valence-electron chi connectivity index (χ1n) is 5.82. The van der Waals surface area contributed by atoms with E-state index in [1.165, 1.54) is 12.1 Å². The van der Waals surface area contributed by atoms with Crippen molar-refractivity contribution in [3.63, 3.8) is 0 Å². The van der Waals surface area contributed by atoms with Gasteiger partial charge in [-0.2, -0.15) is 0 Å². The molecule has 0 bridgehead atoms. The number of hydrogen-bond acceptors (Lipinski definition) is 1. The van der Waals surface area contributed by atoms with Gasteiger partial charge in [-0.05, 0) is 18.9 Å². The van der Waals surface area contributed by atoms with E-state index in [0.717, 1.165) is 18.9 Å². The van der Waals surface area contributed by atoms with E-state index in [9.17, 15) is 8.78 Å². The molecule has 17 heavy (non-hydrogen) atoms. The van der Waals surface area contributed by atoms with Crippen LogP contribution in [0.2, 0.25) is 0 Å². The first kappa shape index (κ1) is 14.4. The van der Waals surface area contributed by atoms with Crippen molar-refractivity contribution in [3.05, 3.63) is 35.4 Å². The minimum atomic E-state index is -0.555. The van der Waals surface area contributed by atoms with Crippen molar-refractivity contribution in [2.75, 3.05) is 5.88 Å². The monoisotopic (exact) mass is 261 g/mol. The Morgan fingerprint density at radius 2 is 1.88 bits per heavy atom. The second-order valence-electron chi connectivity index (χ2n) is 4.21. The Morgan fingerprint density at radius 1 is 1.24 bits per heavy atom. The summed E-state index contributed by atoms with van der Waals surface area (Å²) in [5.74, 6) is -0.600. The normalized spacial score (nSPS) is 11.8. The zero-order chi connectivity index (χ0) is 12.9. The van der Waals surface area contributed by atoms with Crippen LogP contribution in [0, 0.1) is 11.6 Å². The standard InChI is InChI=1S/C13H18ClF2N/c1-3-13(4-2,9-14)17-8-10-5-6-11(15)7-12(10)16/h5-7,17H,3-4,8-9H2,1-2H3. The highest BCUT2D eigenvalue weighted by atomic mass is 35.5. The number of halogens is 3. The average molecular weight is 262 g/mol.